The Morgan fingerprint density at radius 3 is 1.29 bits per heavy atom. The van der Waals surface area contributed by atoms with Crippen molar-refractivity contribution in [3.63, 3.8) is 0 Å². The molecule has 42 heavy (non-hydrogen) atoms. The van der Waals surface area contributed by atoms with Crippen molar-refractivity contribution >= 4 is 11.4 Å². The van der Waals surface area contributed by atoms with E-state index in [1.54, 1.807) is 0 Å². The lowest BCUT2D eigenvalue weighted by molar-refractivity contribution is 0.247. The zero-order valence-electron chi connectivity index (χ0n) is 28.6. The summed E-state index contributed by atoms with van der Waals surface area (Å²) in [4.78, 5) is 7.25. The van der Waals surface area contributed by atoms with Crippen LogP contribution in [0.4, 0.5) is 11.4 Å². The van der Waals surface area contributed by atoms with Crippen LogP contribution in [0.3, 0.4) is 0 Å². The molecule has 0 aliphatic carbocycles. The first-order valence-corrected chi connectivity index (χ1v) is 16.2. The molecule has 2 N–H and O–H groups in total. The fraction of sp³-hybridized carbons (Fsp3) is 0.553. The van der Waals surface area contributed by atoms with Crippen LogP contribution in [0.25, 0.3) is 0 Å². The lowest BCUT2D eigenvalue weighted by Gasteiger charge is -2.32. The van der Waals surface area contributed by atoms with E-state index >= 15 is 0 Å². The first-order valence-electron chi connectivity index (χ1n) is 16.2. The minimum atomic E-state index is 0.274. The van der Waals surface area contributed by atoms with E-state index in [9.17, 15) is 0 Å². The molecule has 3 aromatic rings. The van der Waals surface area contributed by atoms with Crippen molar-refractivity contribution in [2.45, 2.75) is 125 Å². The van der Waals surface area contributed by atoms with Crippen LogP contribution < -0.4 is 10.6 Å². The van der Waals surface area contributed by atoms with Crippen molar-refractivity contribution in [1.82, 2.24) is 9.88 Å². The van der Waals surface area contributed by atoms with E-state index in [0.717, 1.165) is 25.3 Å². The van der Waals surface area contributed by atoms with E-state index < -0.39 is 0 Å². The first-order chi connectivity index (χ1) is 19.8. The zero-order valence-corrected chi connectivity index (χ0v) is 28.6. The van der Waals surface area contributed by atoms with Gasteiger partial charge in [-0.1, -0.05) is 96.8 Å². The largest absolute Gasteiger partial charge is 0.381 e. The van der Waals surface area contributed by atoms with Crippen molar-refractivity contribution in [1.29, 1.82) is 0 Å². The number of anilines is 2. The third-order valence-corrected chi connectivity index (χ3v) is 8.13. The number of aryl methyl sites for hydroxylation is 2. The van der Waals surface area contributed by atoms with Gasteiger partial charge in [-0.2, -0.15) is 0 Å². The van der Waals surface area contributed by atoms with Crippen LogP contribution in [0, 0.1) is 13.8 Å². The number of nitrogens with one attached hydrogen (secondary N) is 2. The van der Waals surface area contributed by atoms with Crippen LogP contribution in [-0.2, 0) is 6.54 Å². The van der Waals surface area contributed by atoms with Crippen LogP contribution in [0.15, 0.2) is 48.7 Å². The predicted octanol–water partition coefficient (Wildman–Crippen LogP) is 10.00. The maximum Gasteiger partial charge on any atom is 0.0543 e. The molecule has 0 bridgehead atoms. The molecule has 0 radical (unpaired) electrons. The van der Waals surface area contributed by atoms with Gasteiger partial charge in [-0.3, -0.25) is 9.88 Å². The molecule has 0 spiro atoms. The summed E-state index contributed by atoms with van der Waals surface area (Å²) in [5.41, 5.74) is 12.1. The second-order valence-corrected chi connectivity index (χ2v) is 13.9. The van der Waals surface area contributed by atoms with Crippen molar-refractivity contribution < 1.29 is 0 Å². The average Bonchev–Trinajstić information content (AvgIpc) is 2.90. The number of benzene rings is 2. The summed E-state index contributed by atoms with van der Waals surface area (Å²) >= 11 is 0. The normalized spacial score (nSPS) is 13.5. The summed E-state index contributed by atoms with van der Waals surface area (Å²) < 4.78 is 0. The second kappa shape index (κ2) is 15.0. The number of hydrogen-bond donors (Lipinski definition) is 2. The molecule has 2 unspecified atom stereocenters. The monoisotopic (exact) mass is 570 g/mol. The van der Waals surface area contributed by atoms with E-state index in [1.165, 1.54) is 44.8 Å². The summed E-state index contributed by atoms with van der Waals surface area (Å²) in [5.74, 6) is 1.85. The third kappa shape index (κ3) is 9.07. The van der Waals surface area contributed by atoms with Gasteiger partial charge in [0.15, 0.2) is 0 Å². The van der Waals surface area contributed by atoms with Crippen LogP contribution in [0.5, 0.6) is 0 Å². The Labute approximate surface area is 257 Å². The molecule has 0 amide bonds. The summed E-state index contributed by atoms with van der Waals surface area (Å²) in [6, 6.07) is 16.2. The highest BCUT2D eigenvalue weighted by Crippen LogP contribution is 2.36. The number of aromatic nitrogens is 1. The molecule has 0 aliphatic heterocycles. The van der Waals surface area contributed by atoms with E-state index in [-0.39, 0.29) is 12.1 Å². The van der Waals surface area contributed by atoms with Gasteiger partial charge in [-0.15, -0.1) is 0 Å². The van der Waals surface area contributed by atoms with Gasteiger partial charge >= 0.3 is 0 Å². The standard InChI is InChI=1S/C38H58N4/c1-24(2)33-17-28(9)18-34(25(3)4)37(33)40-30(11)21-42(23-32-15-13-14-16-39-32)22-31(12)41-38-35(26(5)6)19-29(10)20-36(38)27(7)8/h13-20,24-27,30-31,40-41H,21-23H2,1-12H3. The molecule has 0 saturated heterocycles. The molecule has 1 aromatic heterocycles. The van der Waals surface area contributed by atoms with Crippen molar-refractivity contribution in [2.75, 3.05) is 23.7 Å². The Balaban J connectivity index is 1.88. The topological polar surface area (TPSA) is 40.2 Å². The van der Waals surface area contributed by atoms with Gasteiger partial charge in [0.1, 0.15) is 0 Å². The molecule has 3 rings (SSSR count). The molecule has 0 fully saturated rings. The summed E-state index contributed by atoms with van der Waals surface area (Å²) in [6.45, 7) is 30.2. The maximum absolute atomic E-state index is 4.69. The molecule has 4 heteroatoms. The van der Waals surface area contributed by atoms with Crippen molar-refractivity contribution in [3.8, 4) is 0 Å². The fourth-order valence-electron chi connectivity index (χ4n) is 6.12. The minimum absolute atomic E-state index is 0.274. The van der Waals surface area contributed by atoms with E-state index in [2.05, 4.69) is 140 Å². The van der Waals surface area contributed by atoms with Crippen molar-refractivity contribution in [3.05, 3.63) is 87.7 Å². The van der Waals surface area contributed by atoms with Crippen LogP contribution in [0.2, 0.25) is 0 Å². The third-order valence-electron chi connectivity index (χ3n) is 8.13. The second-order valence-electron chi connectivity index (χ2n) is 13.9. The van der Waals surface area contributed by atoms with Crippen LogP contribution in [-0.4, -0.2) is 35.1 Å². The Bertz CT molecular complexity index is 1140. The minimum Gasteiger partial charge on any atom is -0.381 e. The van der Waals surface area contributed by atoms with Gasteiger partial charge in [0, 0.05) is 49.3 Å². The van der Waals surface area contributed by atoms with E-state index in [4.69, 9.17) is 0 Å². The molecule has 2 aromatic carbocycles. The number of rotatable bonds is 14. The molecule has 230 valence electrons. The molecular formula is C38H58N4. The zero-order chi connectivity index (χ0) is 31.1. The lowest BCUT2D eigenvalue weighted by atomic mass is 9.90. The van der Waals surface area contributed by atoms with Crippen LogP contribution in [0.1, 0.15) is 132 Å². The number of nitrogens with zero attached hydrogens (tertiary/aromatic N) is 2. The molecule has 0 saturated carbocycles. The molecule has 4 nitrogen and oxygen atoms in total. The highest BCUT2D eigenvalue weighted by molar-refractivity contribution is 5.63. The average molecular weight is 571 g/mol. The Kier molecular flexibility index (Phi) is 12.1. The summed E-state index contributed by atoms with van der Waals surface area (Å²) in [6.07, 6.45) is 1.91. The Morgan fingerprint density at radius 1 is 0.595 bits per heavy atom. The number of pyridine rings is 1. The highest BCUT2D eigenvalue weighted by atomic mass is 15.2. The molecular weight excluding hydrogens is 512 g/mol. The fourth-order valence-corrected chi connectivity index (χ4v) is 6.12. The van der Waals surface area contributed by atoms with Crippen LogP contribution >= 0.6 is 0 Å². The molecule has 2 atom stereocenters. The molecule has 0 aliphatic rings. The smallest absolute Gasteiger partial charge is 0.0543 e. The van der Waals surface area contributed by atoms with Gasteiger partial charge in [0.25, 0.3) is 0 Å². The van der Waals surface area contributed by atoms with Gasteiger partial charge < -0.3 is 10.6 Å². The SMILES string of the molecule is Cc1cc(C(C)C)c(NC(C)CN(Cc2ccccn2)CC(C)Nc2c(C(C)C)cc(C)cc2C(C)C)c(C(C)C)c1. The predicted molar refractivity (Wildman–Crippen MR) is 184 cm³/mol. The maximum atomic E-state index is 4.69. The lowest BCUT2D eigenvalue weighted by Crippen LogP contribution is -2.41. The van der Waals surface area contributed by atoms with Gasteiger partial charge in [-0.25, -0.2) is 0 Å². The quantitative estimate of drug-likeness (QED) is 0.202. The summed E-state index contributed by atoms with van der Waals surface area (Å²) in [7, 11) is 0. The van der Waals surface area contributed by atoms with E-state index in [1.807, 2.05) is 12.3 Å². The number of hydrogen-bond acceptors (Lipinski definition) is 4. The summed E-state index contributed by atoms with van der Waals surface area (Å²) in [5, 5.41) is 7.96. The first kappa shape index (κ1) is 33.6. The van der Waals surface area contributed by atoms with Gasteiger partial charge in [-0.05, 0) is 85.8 Å². The molecule has 1 heterocycles. The highest BCUT2D eigenvalue weighted by Gasteiger charge is 2.21. The Hall–Kier alpha value is -2.85. The van der Waals surface area contributed by atoms with E-state index in [0.29, 0.717) is 23.7 Å². The van der Waals surface area contributed by atoms with Gasteiger partial charge in [0.2, 0.25) is 0 Å². The Morgan fingerprint density at radius 2 is 0.976 bits per heavy atom. The van der Waals surface area contributed by atoms with Gasteiger partial charge in [0.05, 0.1) is 5.69 Å². The van der Waals surface area contributed by atoms with Crippen molar-refractivity contribution in [2.24, 2.45) is 0 Å².